The van der Waals surface area contributed by atoms with Crippen LogP contribution in [0.15, 0.2) is 36.4 Å². The molecule has 3 N–H and O–H groups in total. The van der Waals surface area contributed by atoms with E-state index in [0.717, 1.165) is 11.6 Å². The number of nitrogen functional groups attached to an aromatic ring is 1. The zero-order chi connectivity index (χ0) is 15.6. The van der Waals surface area contributed by atoms with Crippen LogP contribution in [-0.4, -0.2) is 10.8 Å². The van der Waals surface area contributed by atoms with Crippen molar-refractivity contribution in [2.24, 2.45) is 5.73 Å². The second kappa shape index (κ2) is 5.58. The molecule has 0 saturated carbocycles. The number of nitro groups is 1. The van der Waals surface area contributed by atoms with E-state index in [2.05, 4.69) is 0 Å². The fourth-order valence-corrected chi connectivity index (χ4v) is 1.72. The first-order chi connectivity index (χ1) is 9.88. The molecule has 2 aromatic rings. The largest absolute Gasteiger partial charge is 0.447 e. The van der Waals surface area contributed by atoms with Gasteiger partial charge in [-0.05, 0) is 36.8 Å². The zero-order valence-corrected chi connectivity index (χ0v) is 11.1. The second-order valence-corrected chi connectivity index (χ2v) is 4.39. The molecule has 0 heterocycles. The lowest BCUT2D eigenvalue weighted by molar-refractivity contribution is -0.385. The molecule has 0 unspecified atom stereocenters. The number of nitrogens with one attached hydrogen (secondary N) is 1. The Bertz CT molecular complexity index is 731. The summed E-state index contributed by atoms with van der Waals surface area (Å²) in [5, 5.41) is 18.2. The van der Waals surface area contributed by atoms with Gasteiger partial charge in [0.2, 0.25) is 5.75 Å². The molecule has 0 aromatic heterocycles. The topological polar surface area (TPSA) is 102 Å². The number of rotatable bonds is 4. The first-order valence-electron chi connectivity index (χ1n) is 5.95. The molecule has 2 rings (SSSR count). The van der Waals surface area contributed by atoms with Crippen LogP contribution in [0.1, 0.15) is 11.1 Å². The van der Waals surface area contributed by atoms with Gasteiger partial charge in [0.1, 0.15) is 5.84 Å². The predicted molar refractivity (Wildman–Crippen MR) is 75.3 cm³/mol. The van der Waals surface area contributed by atoms with Gasteiger partial charge in [-0.2, -0.15) is 0 Å². The lowest BCUT2D eigenvalue weighted by Crippen LogP contribution is -2.11. The molecule has 21 heavy (non-hydrogen) atoms. The molecule has 2 aromatic carbocycles. The lowest BCUT2D eigenvalue weighted by Gasteiger charge is -2.09. The minimum Gasteiger partial charge on any atom is -0.447 e. The number of nitrogens with two attached hydrogens (primary N) is 1. The highest BCUT2D eigenvalue weighted by Crippen LogP contribution is 2.33. The van der Waals surface area contributed by atoms with E-state index >= 15 is 0 Å². The van der Waals surface area contributed by atoms with Crippen LogP contribution in [-0.2, 0) is 0 Å². The maximum absolute atomic E-state index is 13.9. The van der Waals surface area contributed by atoms with Crippen molar-refractivity contribution < 1.29 is 14.1 Å². The smallest absolute Gasteiger partial charge is 0.311 e. The Kier molecular flexibility index (Phi) is 3.84. The van der Waals surface area contributed by atoms with Crippen molar-refractivity contribution in [2.45, 2.75) is 6.92 Å². The maximum atomic E-state index is 13.9. The summed E-state index contributed by atoms with van der Waals surface area (Å²) < 4.78 is 19.2. The maximum Gasteiger partial charge on any atom is 0.311 e. The van der Waals surface area contributed by atoms with Crippen LogP contribution in [0, 0.1) is 28.3 Å². The van der Waals surface area contributed by atoms with Crippen LogP contribution in [0.25, 0.3) is 0 Å². The second-order valence-electron chi connectivity index (χ2n) is 4.39. The number of nitrogens with zero attached hydrogens (tertiary/aromatic N) is 1. The molecule has 0 fully saturated rings. The molecule has 7 heteroatoms. The minimum atomic E-state index is -0.751. The SMILES string of the molecule is Cc1ccc([N+](=O)[O-])c(Oc2ccc(C(=N)N)cc2F)c1. The first-order valence-corrected chi connectivity index (χ1v) is 5.95. The number of aryl methyl sites for hydroxylation is 1. The third kappa shape index (κ3) is 3.14. The van der Waals surface area contributed by atoms with Crippen LogP contribution in [0.4, 0.5) is 10.1 Å². The molecular weight excluding hydrogens is 277 g/mol. The summed E-state index contributed by atoms with van der Waals surface area (Å²) in [4.78, 5) is 10.3. The van der Waals surface area contributed by atoms with Gasteiger partial charge in [-0.15, -0.1) is 0 Å². The monoisotopic (exact) mass is 289 g/mol. The number of nitro benzene ring substituents is 1. The summed E-state index contributed by atoms with van der Waals surface area (Å²) in [7, 11) is 0. The van der Waals surface area contributed by atoms with Gasteiger partial charge < -0.3 is 10.5 Å². The summed E-state index contributed by atoms with van der Waals surface area (Å²) >= 11 is 0. The van der Waals surface area contributed by atoms with Crippen LogP contribution >= 0.6 is 0 Å². The van der Waals surface area contributed by atoms with Crippen molar-refractivity contribution in [3.63, 3.8) is 0 Å². The average molecular weight is 289 g/mol. The van der Waals surface area contributed by atoms with Crippen molar-refractivity contribution in [1.82, 2.24) is 0 Å². The molecule has 0 aliphatic heterocycles. The van der Waals surface area contributed by atoms with Gasteiger partial charge in [0.05, 0.1) is 4.92 Å². The number of hydrogen-bond donors (Lipinski definition) is 2. The highest BCUT2D eigenvalue weighted by atomic mass is 19.1. The van der Waals surface area contributed by atoms with E-state index in [-0.39, 0.29) is 28.6 Å². The van der Waals surface area contributed by atoms with Crippen molar-refractivity contribution in [3.8, 4) is 11.5 Å². The van der Waals surface area contributed by atoms with Gasteiger partial charge in [-0.3, -0.25) is 15.5 Å². The molecule has 0 radical (unpaired) electrons. The Morgan fingerprint density at radius 3 is 2.57 bits per heavy atom. The number of hydrogen-bond acceptors (Lipinski definition) is 4. The van der Waals surface area contributed by atoms with Crippen molar-refractivity contribution in [2.75, 3.05) is 0 Å². The summed E-state index contributed by atoms with van der Waals surface area (Å²) in [6.07, 6.45) is 0. The van der Waals surface area contributed by atoms with Gasteiger partial charge >= 0.3 is 5.69 Å². The summed E-state index contributed by atoms with van der Waals surface area (Å²) in [5.41, 5.74) is 5.96. The predicted octanol–water partition coefficient (Wildman–Crippen LogP) is 3.12. The van der Waals surface area contributed by atoms with Crippen LogP contribution < -0.4 is 10.5 Å². The van der Waals surface area contributed by atoms with Crippen LogP contribution in [0.3, 0.4) is 0 Å². The average Bonchev–Trinajstić information content (AvgIpc) is 2.40. The molecule has 0 aliphatic carbocycles. The van der Waals surface area contributed by atoms with E-state index in [9.17, 15) is 14.5 Å². The van der Waals surface area contributed by atoms with E-state index in [4.69, 9.17) is 15.9 Å². The first kappa shape index (κ1) is 14.4. The van der Waals surface area contributed by atoms with Crippen LogP contribution in [0.2, 0.25) is 0 Å². The van der Waals surface area contributed by atoms with Crippen LogP contribution in [0.5, 0.6) is 11.5 Å². The molecule has 0 aliphatic rings. The van der Waals surface area contributed by atoms with E-state index in [0.29, 0.717) is 0 Å². The van der Waals surface area contributed by atoms with Gasteiger partial charge in [0.25, 0.3) is 0 Å². The number of amidine groups is 1. The molecule has 0 spiro atoms. The zero-order valence-electron chi connectivity index (χ0n) is 11.1. The number of halogens is 1. The van der Waals surface area contributed by atoms with Gasteiger partial charge in [0, 0.05) is 11.6 Å². The van der Waals surface area contributed by atoms with E-state index in [1.807, 2.05) is 0 Å². The summed E-state index contributed by atoms with van der Waals surface area (Å²) in [6.45, 7) is 1.74. The standard InChI is InChI=1S/C14H12FN3O3/c1-8-2-4-11(18(19)20)13(6-8)21-12-5-3-9(14(16)17)7-10(12)15/h2-7H,1H3,(H3,16,17). The third-order valence-electron chi connectivity index (χ3n) is 2.77. The molecular formula is C14H12FN3O3. The van der Waals surface area contributed by atoms with Gasteiger partial charge in [-0.1, -0.05) is 6.07 Å². The fourth-order valence-electron chi connectivity index (χ4n) is 1.72. The molecule has 108 valence electrons. The number of ether oxygens (including phenoxy) is 1. The normalized spacial score (nSPS) is 10.2. The molecule has 0 bridgehead atoms. The fraction of sp³-hybridized carbons (Fsp3) is 0.0714. The Labute approximate surface area is 119 Å². The highest BCUT2D eigenvalue weighted by Gasteiger charge is 2.17. The lowest BCUT2D eigenvalue weighted by atomic mass is 10.2. The molecule has 0 amide bonds. The molecule has 0 atom stereocenters. The molecule has 0 saturated heterocycles. The Morgan fingerprint density at radius 1 is 1.29 bits per heavy atom. The van der Waals surface area contributed by atoms with Crippen molar-refractivity contribution >= 4 is 11.5 Å². The summed E-state index contributed by atoms with van der Waals surface area (Å²) in [6, 6.07) is 8.04. The van der Waals surface area contributed by atoms with E-state index in [1.165, 1.54) is 24.3 Å². The van der Waals surface area contributed by atoms with E-state index < -0.39 is 10.7 Å². The Balaban J connectivity index is 2.40. The van der Waals surface area contributed by atoms with E-state index in [1.54, 1.807) is 13.0 Å². The number of benzene rings is 2. The Morgan fingerprint density at radius 2 is 2.00 bits per heavy atom. The molecule has 6 nitrogen and oxygen atoms in total. The minimum absolute atomic E-state index is 0.0468. The van der Waals surface area contributed by atoms with Crippen molar-refractivity contribution in [3.05, 3.63) is 63.5 Å². The van der Waals surface area contributed by atoms with Gasteiger partial charge in [0.15, 0.2) is 11.6 Å². The van der Waals surface area contributed by atoms with Crippen molar-refractivity contribution in [1.29, 1.82) is 5.41 Å². The van der Waals surface area contributed by atoms with Gasteiger partial charge in [-0.25, -0.2) is 4.39 Å². The quantitative estimate of drug-likeness (QED) is 0.390. The highest BCUT2D eigenvalue weighted by molar-refractivity contribution is 5.95. The third-order valence-corrected chi connectivity index (χ3v) is 2.77. The summed E-state index contributed by atoms with van der Waals surface area (Å²) in [5.74, 6) is -1.25. The Hall–Kier alpha value is -2.96.